The molecule has 0 radical (unpaired) electrons. The van der Waals surface area contributed by atoms with E-state index in [0.717, 1.165) is 56.4 Å². The molecule has 0 aliphatic carbocycles. The van der Waals surface area contributed by atoms with E-state index in [2.05, 4.69) is 31.6 Å². The molecule has 7 nitrogen and oxygen atoms in total. The molecule has 0 N–H and O–H groups in total. The van der Waals surface area contributed by atoms with Gasteiger partial charge in [-0.3, -0.25) is 9.69 Å². The minimum Gasteiger partial charge on any atom is -0.494 e. The number of hydrogen-bond acceptors (Lipinski definition) is 7. The van der Waals surface area contributed by atoms with Crippen molar-refractivity contribution in [3.05, 3.63) is 48.3 Å². The first-order valence-electron chi connectivity index (χ1n) is 11.4. The standard InChI is InChI=1S/C24H33N5O2/c1-20-5-2-12-28(20)13-4-18-31-22-8-6-21(7-9-22)23(30)19-27-14-16-29(17-15-27)24-25-10-3-11-26-24/h3,6-11,20H,2,4-5,12-19H2,1H3/t20-/m1/s1. The lowest BCUT2D eigenvalue weighted by Crippen LogP contribution is -2.48. The van der Waals surface area contributed by atoms with Crippen molar-refractivity contribution in [1.29, 1.82) is 0 Å². The van der Waals surface area contributed by atoms with Crippen molar-refractivity contribution < 1.29 is 9.53 Å². The zero-order valence-corrected chi connectivity index (χ0v) is 18.4. The van der Waals surface area contributed by atoms with Gasteiger partial charge in [0.05, 0.1) is 13.2 Å². The predicted octanol–water partition coefficient (Wildman–Crippen LogP) is 2.73. The van der Waals surface area contributed by atoms with Gasteiger partial charge in [-0.2, -0.15) is 0 Å². The van der Waals surface area contributed by atoms with Crippen molar-refractivity contribution in [2.24, 2.45) is 0 Å². The van der Waals surface area contributed by atoms with Gasteiger partial charge in [0.25, 0.3) is 0 Å². The van der Waals surface area contributed by atoms with Crippen molar-refractivity contribution in [3.8, 4) is 5.75 Å². The Morgan fingerprint density at radius 3 is 2.48 bits per heavy atom. The van der Waals surface area contributed by atoms with E-state index < -0.39 is 0 Å². The van der Waals surface area contributed by atoms with Crippen molar-refractivity contribution >= 4 is 11.7 Å². The van der Waals surface area contributed by atoms with Gasteiger partial charge >= 0.3 is 0 Å². The Bertz CT molecular complexity index is 822. The smallest absolute Gasteiger partial charge is 0.225 e. The molecule has 2 fully saturated rings. The Morgan fingerprint density at radius 1 is 1.06 bits per heavy atom. The van der Waals surface area contributed by atoms with Crippen LogP contribution in [0.3, 0.4) is 0 Å². The first-order chi connectivity index (χ1) is 15.2. The highest BCUT2D eigenvalue weighted by atomic mass is 16.5. The maximum Gasteiger partial charge on any atom is 0.225 e. The summed E-state index contributed by atoms with van der Waals surface area (Å²) in [6, 6.07) is 10.1. The van der Waals surface area contributed by atoms with E-state index in [1.54, 1.807) is 12.4 Å². The fraction of sp³-hybridized carbons (Fsp3) is 0.542. The van der Waals surface area contributed by atoms with Gasteiger partial charge in [0.2, 0.25) is 5.95 Å². The van der Waals surface area contributed by atoms with Gasteiger partial charge < -0.3 is 14.5 Å². The summed E-state index contributed by atoms with van der Waals surface area (Å²) < 4.78 is 5.87. The number of nitrogens with zero attached hydrogens (tertiary/aromatic N) is 5. The van der Waals surface area contributed by atoms with Gasteiger partial charge in [-0.15, -0.1) is 0 Å². The maximum absolute atomic E-state index is 12.7. The number of ketones is 1. The summed E-state index contributed by atoms with van der Waals surface area (Å²) in [5, 5.41) is 0. The topological polar surface area (TPSA) is 61.8 Å². The fourth-order valence-corrected chi connectivity index (χ4v) is 4.37. The highest BCUT2D eigenvalue weighted by Crippen LogP contribution is 2.17. The number of ether oxygens (including phenoxy) is 1. The van der Waals surface area contributed by atoms with Crippen LogP contribution in [-0.4, -0.2) is 84.0 Å². The molecule has 1 atom stereocenters. The number of carbonyl (C=O) groups excluding carboxylic acids is 1. The molecule has 0 unspecified atom stereocenters. The van der Waals surface area contributed by atoms with Gasteiger partial charge in [-0.05, 0) is 63.1 Å². The Morgan fingerprint density at radius 2 is 1.81 bits per heavy atom. The molecule has 166 valence electrons. The highest BCUT2D eigenvalue weighted by molar-refractivity contribution is 5.97. The zero-order chi connectivity index (χ0) is 21.5. The van der Waals surface area contributed by atoms with E-state index >= 15 is 0 Å². The molecule has 1 aromatic heterocycles. The zero-order valence-electron chi connectivity index (χ0n) is 18.4. The second kappa shape index (κ2) is 10.7. The number of rotatable bonds is 9. The van der Waals surface area contributed by atoms with Crippen molar-refractivity contribution in [2.75, 3.05) is 57.3 Å². The molecule has 31 heavy (non-hydrogen) atoms. The molecule has 2 aliphatic heterocycles. The van der Waals surface area contributed by atoms with Gasteiger partial charge in [0, 0.05) is 56.7 Å². The van der Waals surface area contributed by atoms with Gasteiger partial charge in [-0.25, -0.2) is 9.97 Å². The summed E-state index contributed by atoms with van der Waals surface area (Å²) in [5.41, 5.74) is 0.743. The number of piperazine rings is 1. The van der Waals surface area contributed by atoms with Crippen LogP contribution in [-0.2, 0) is 0 Å². The third-order valence-electron chi connectivity index (χ3n) is 6.30. The van der Waals surface area contributed by atoms with Crippen LogP contribution in [0.25, 0.3) is 0 Å². The summed E-state index contributed by atoms with van der Waals surface area (Å²) in [7, 11) is 0. The van der Waals surface area contributed by atoms with E-state index in [1.807, 2.05) is 30.3 Å². The van der Waals surface area contributed by atoms with Gasteiger partial charge in [0.15, 0.2) is 5.78 Å². The number of anilines is 1. The molecule has 7 heteroatoms. The van der Waals surface area contributed by atoms with Crippen LogP contribution in [0.1, 0.15) is 36.5 Å². The SMILES string of the molecule is C[C@@H]1CCCN1CCCOc1ccc(C(=O)CN2CCN(c3ncccn3)CC2)cc1. The van der Waals surface area contributed by atoms with Crippen LogP contribution in [0.4, 0.5) is 5.95 Å². The Hall–Kier alpha value is -2.51. The van der Waals surface area contributed by atoms with Crippen LogP contribution in [0.15, 0.2) is 42.7 Å². The molecule has 4 rings (SSSR count). The minimum absolute atomic E-state index is 0.152. The maximum atomic E-state index is 12.7. The molecule has 3 heterocycles. The first-order valence-corrected chi connectivity index (χ1v) is 11.4. The quantitative estimate of drug-likeness (QED) is 0.454. The van der Waals surface area contributed by atoms with Crippen LogP contribution in [0, 0.1) is 0 Å². The second-order valence-corrected chi connectivity index (χ2v) is 8.49. The third-order valence-corrected chi connectivity index (χ3v) is 6.30. The molecule has 2 aromatic rings. The number of hydrogen-bond donors (Lipinski definition) is 0. The lowest BCUT2D eigenvalue weighted by Gasteiger charge is -2.34. The molecule has 2 aliphatic rings. The average molecular weight is 424 g/mol. The Labute approximate surface area is 185 Å². The van der Waals surface area contributed by atoms with Crippen molar-refractivity contribution in [3.63, 3.8) is 0 Å². The third kappa shape index (κ3) is 6.02. The molecule has 1 aromatic carbocycles. The highest BCUT2D eigenvalue weighted by Gasteiger charge is 2.21. The van der Waals surface area contributed by atoms with E-state index in [9.17, 15) is 4.79 Å². The van der Waals surface area contributed by atoms with E-state index in [-0.39, 0.29) is 5.78 Å². The largest absolute Gasteiger partial charge is 0.494 e. The van der Waals surface area contributed by atoms with Crippen molar-refractivity contribution in [2.45, 2.75) is 32.2 Å². The molecular weight excluding hydrogens is 390 g/mol. The predicted molar refractivity (Wildman–Crippen MR) is 122 cm³/mol. The minimum atomic E-state index is 0.152. The Balaban J connectivity index is 1.17. The molecule has 0 amide bonds. The number of Topliss-reactive ketones (excluding diaryl/α,β-unsaturated/α-hetero) is 1. The molecule has 0 bridgehead atoms. The Kier molecular flexibility index (Phi) is 7.48. The van der Waals surface area contributed by atoms with Crippen molar-refractivity contribution in [1.82, 2.24) is 19.8 Å². The average Bonchev–Trinajstić information content (AvgIpc) is 3.23. The lowest BCUT2D eigenvalue weighted by molar-refractivity contribution is 0.0926. The summed E-state index contributed by atoms with van der Waals surface area (Å²) in [6.07, 6.45) is 7.19. The van der Waals surface area contributed by atoms with Crippen LogP contribution >= 0.6 is 0 Å². The summed E-state index contributed by atoms with van der Waals surface area (Å²) >= 11 is 0. The first kappa shape index (κ1) is 21.7. The molecule has 2 saturated heterocycles. The fourth-order valence-electron chi connectivity index (χ4n) is 4.37. The number of aromatic nitrogens is 2. The number of likely N-dealkylation sites (tertiary alicyclic amines) is 1. The lowest BCUT2D eigenvalue weighted by atomic mass is 10.1. The number of carbonyl (C=O) groups is 1. The second-order valence-electron chi connectivity index (χ2n) is 8.49. The van der Waals surface area contributed by atoms with E-state index in [4.69, 9.17) is 4.74 Å². The van der Waals surface area contributed by atoms with Gasteiger partial charge in [0.1, 0.15) is 5.75 Å². The van der Waals surface area contributed by atoms with Crippen LogP contribution < -0.4 is 9.64 Å². The monoisotopic (exact) mass is 423 g/mol. The summed E-state index contributed by atoms with van der Waals surface area (Å²) in [4.78, 5) is 28.2. The number of benzene rings is 1. The molecular formula is C24H33N5O2. The summed E-state index contributed by atoms with van der Waals surface area (Å²) in [6.45, 7) is 9.11. The molecule has 0 saturated carbocycles. The van der Waals surface area contributed by atoms with Gasteiger partial charge in [-0.1, -0.05) is 0 Å². The van der Waals surface area contributed by atoms with E-state index in [0.29, 0.717) is 19.2 Å². The summed E-state index contributed by atoms with van der Waals surface area (Å²) in [5.74, 6) is 1.75. The van der Waals surface area contributed by atoms with E-state index in [1.165, 1.54) is 19.4 Å². The normalized spacial score (nSPS) is 20.2. The van der Waals surface area contributed by atoms with Crippen LogP contribution in [0.2, 0.25) is 0 Å². The van der Waals surface area contributed by atoms with Crippen LogP contribution in [0.5, 0.6) is 5.75 Å². The molecule has 0 spiro atoms.